The number of carbonyl (C=O) groups excluding carboxylic acids is 2. The van der Waals surface area contributed by atoms with Crippen molar-refractivity contribution in [1.29, 1.82) is 0 Å². The number of aryl methyl sites for hydroxylation is 2. The van der Waals surface area contributed by atoms with Crippen LogP contribution in [0.15, 0.2) is 78.9 Å². The van der Waals surface area contributed by atoms with Gasteiger partial charge in [0, 0.05) is 18.3 Å². The molecule has 0 radical (unpaired) electrons. The summed E-state index contributed by atoms with van der Waals surface area (Å²) in [5, 5.41) is 0. The van der Waals surface area contributed by atoms with Gasteiger partial charge in [0.25, 0.3) is 5.91 Å². The van der Waals surface area contributed by atoms with E-state index in [4.69, 9.17) is 4.74 Å². The topological polar surface area (TPSA) is 80.8 Å². The molecular formula is C26H27NO5S. The highest BCUT2D eigenvalue weighted by molar-refractivity contribution is 7.92. The Hall–Kier alpha value is -3.45. The molecular weight excluding hydrogens is 438 g/mol. The molecule has 0 bridgehead atoms. The van der Waals surface area contributed by atoms with Crippen molar-refractivity contribution in [2.75, 3.05) is 23.5 Å². The number of benzene rings is 3. The van der Waals surface area contributed by atoms with Gasteiger partial charge in [0.05, 0.1) is 5.75 Å². The zero-order valence-electron chi connectivity index (χ0n) is 18.7. The first kappa shape index (κ1) is 24.2. The maximum absolute atomic E-state index is 12.6. The molecule has 0 atom stereocenters. The number of amides is 1. The van der Waals surface area contributed by atoms with Crippen LogP contribution in [0.1, 0.15) is 27.9 Å². The van der Waals surface area contributed by atoms with Crippen molar-refractivity contribution in [3.63, 3.8) is 0 Å². The summed E-state index contributed by atoms with van der Waals surface area (Å²) in [7, 11) is -1.91. The molecule has 0 saturated carbocycles. The quantitative estimate of drug-likeness (QED) is 0.349. The summed E-state index contributed by atoms with van der Waals surface area (Å²) in [5.74, 6) is -1.52. The predicted octanol–water partition coefficient (Wildman–Crippen LogP) is 4.22. The maximum Gasteiger partial charge on any atom is 0.326 e. The number of anilines is 1. The lowest BCUT2D eigenvalue weighted by molar-refractivity contribution is -0.131. The molecule has 33 heavy (non-hydrogen) atoms. The van der Waals surface area contributed by atoms with Crippen LogP contribution >= 0.6 is 0 Å². The lowest BCUT2D eigenvalue weighted by atomic mass is 10.1. The number of hydrogen-bond acceptors (Lipinski definition) is 5. The van der Waals surface area contributed by atoms with E-state index >= 15 is 0 Å². The fourth-order valence-electron chi connectivity index (χ4n) is 3.30. The van der Waals surface area contributed by atoms with Gasteiger partial charge in [-0.05, 0) is 61.7 Å². The smallest absolute Gasteiger partial charge is 0.326 e. The highest BCUT2D eigenvalue weighted by Gasteiger charge is 2.19. The summed E-state index contributed by atoms with van der Waals surface area (Å²) in [5.41, 5.74) is 3.31. The van der Waals surface area contributed by atoms with Gasteiger partial charge in [0.1, 0.15) is 11.5 Å². The van der Waals surface area contributed by atoms with E-state index in [1.54, 1.807) is 31.3 Å². The largest absolute Gasteiger partial charge is 0.426 e. The Morgan fingerprint density at radius 2 is 1.52 bits per heavy atom. The molecule has 0 heterocycles. The molecule has 3 rings (SSSR count). The van der Waals surface area contributed by atoms with E-state index in [1.165, 1.54) is 17.0 Å². The van der Waals surface area contributed by atoms with Crippen LogP contribution < -0.4 is 9.64 Å². The third-order valence-electron chi connectivity index (χ3n) is 5.16. The molecule has 0 aliphatic rings. The van der Waals surface area contributed by atoms with E-state index in [9.17, 15) is 18.0 Å². The second-order valence-corrected chi connectivity index (χ2v) is 10.1. The fraction of sp³-hybridized carbons (Fsp3) is 0.231. The van der Waals surface area contributed by atoms with Crippen molar-refractivity contribution in [3.05, 3.63) is 95.6 Å². The SMILES string of the molecule is Cc1ccc(C(=O)N(C)c2ccc(OC(=O)CS(=O)(=O)CCCc3ccccc3)cc2)cc1. The number of nitrogens with zero attached hydrogens (tertiary/aromatic N) is 1. The monoisotopic (exact) mass is 465 g/mol. The van der Waals surface area contributed by atoms with Crippen LogP contribution in [0.3, 0.4) is 0 Å². The van der Waals surface area contributed by atoms with E-state index in [0.717, 1.165) is 11.1 Å². The van der Waals surface area contributed by atoms with Crippen LogP contribution in [-0.2, 0) is 21.1 Å². The second-order valence-electron chi connectivity index (χ2n) is 7.88. The van der Waals surface area contributed by atoms with Crippen molar-refractivity contribution in [2.45, 2.75) is 19.8 Å². The Morgan fingerprint density at radius 1 is 0.879 bits per heavy atom. The van der Waals surface area contributed by atoms with Crippen molar-refractivity contribution in [1.82, 2.24) is 0 Å². The third kappa shape index (κ3) is 7.29. The predicted molar refractivity (Wildman–Crippen MR) is 129 cm³/mol. The number of sulfone groups is 1. The lowest BCUT2D eigenvalue weighted by Gasteiger charge is -2.18. The van der Waals surface area contributed by atoms with Crippen LogP contribution in [0.25, 0.3) is 0 Å². The molecule has 3 aromatic rings. The second kappa shape index (κ2) is 10.9. The van der Waals surface area contributed by atoms with Crippen molar-refractivity contribution < 1.29 is 22.7 Å². The molecule has 0 unspecified atom stereocenters. The molecule has 172 valence electrons. The van der Waals surface area contributed by atoms with Crippen LogP contribution in [-0.4, -0.2) is 38.8 Å². The van der Waals surface area contributed by atoms with Gasteiger partial charge >= 0.3 is 5.97 Å². The van der Waals surface area contributed by atoms with Crippen LogP contribution in [0.2, 0.25) is 0 Å². The highest BCUT2D eigenvalue weighted by atomic mass is 32.2. The minimum atomic E-state index is -3.57. The molecule has 7 heteroatoms. The van der Waals surface area contributed by atoms with E-state index in [-0.39, 0.29) is 17.4 Å². The molecule has 0 saturated heterocycles. The van der Waals surface area contributed by atoms with Gasteiger partial charge in [-0.3, -0.25) is 9.59 Å². The average Bonchev–Trinajstić information content (AvgIpc) is 2.79. The molecule has 0 aromatic heterocycles. The van der Waals surface area contributed by atoms with E-state index in [0.29, 0.717) is 24.1 Å². The van der Waals surface area contributed by atoms with Crippen LogP contribution in [0.4, 0.5) is 5.69 Å². The zero-order chi connectivity index (χ0) is 23.8. The van der Waals surface area contributed by atoms with E-state index in [1.807, 2.05) is 49.4 Å². The normalized spacial score (nSPS) is 11.1. The molecule has 0 N–H and O–H groups in total. The number of carbonyl (C=O) groups is 2. The number of hydrogen-bond donors (Lipinski definition) is 0. The third-order valence-corrected chi connectivity index (χ3v) is 6.75. The highest BCUT2D eigenvalue weighted by Crippen LogP contribution is 2.21. The van der Waals surface area contributed by atoms with Crippen LogP contribution in [0, 0.1) is 6.92 Å². The zero-order valence-corrected chi connectivity index (χ0v) is 19.5. The van der Waals surface area contributed by atoms with Gasteiger partial charge in [-0.25, -0.2) is 8.42 Å². The summed E-state index contributed by atoms with van der Waals surface area (Å²) in [4.78, 5) is 26.3. The Labute approximate surface area is 194 Å². The molecule has 0 fully saturated rings. The van der Waals surface area contributed by atoms with Gasteiger partial charge in [0.15, 0.2) is 9.84 Å². The first-order valence-corrected chi connectivity index (χ1v) is 12.5. The Kier molecular flexibility index (Phi) is 8.01. The van der Waals surface area contributed by atoms with Gasteiger partial charge in [-0.15, -0.1) is 0 Å². The van der Waals surface area contributed by atoms with E-state index < -0.39 is 21.6 Å². The average molecular weight is 466 g/mol. The van der Waals surface area contributed by atoms with Gasteiger partial charge < -0.3 is 9.64 Å². The molecule has 1 amide bonds. The molecule has 0 aliphatic carbocycles. The van der Waals surface area contributed by atoms with Gasteiger partial charge in [-0.1, -0.05) is 48.0 Å². The molecule has 0 spiro atoms. The fourth-order valence-corrected chi connectivity index (χ4v) is 4.44. The lowest BCUT2D eigenvalue weighted by Crippen LogP contribution is -2.26. The number of esters is 1. The molecule has 6 nitrogen and oxygen atoms in total. The van der Waals surface area contributed by atoms with Crippen molar-refractivity contribution in [2.24, 2.45) is 0 Å². The van der Waals surface area contributed by atoms with E-state index in [2.05, 4.69) is 0 Å². The van der Waals surface area contributed by atoms with Crippen molar-refractivity contribution in [3.8, 4) is 5.75 Å². The molecule has 0 aliphatic heterocycles. The minimum absolute atomic E-state index is 0.0815. The molecule has 3 aromatic carbocycles. The maximum atomic E-state index is 12.6. The Bertz CT molecular complexity index is 1190. The standard InChI is InChI=1S/C26H27NO5S/c1-20-10-12-22(13-11-20)26(29)27(2)23-14-16-24(17-15-23)32-25(28)19-33(30,31)18-6-9-21-7-4-3-5-8-21/h3-5,7-8,10-17H,6,9,18-19H2,1-2H3. The summed E-state index contributed by atoms with van der Waals surface area (Å²) >= 11 is 0. The first-order chi connectivity index (χ1) is 15.7. The summed E-state index contributed by atoms with van der Waals surface area (Å²) < 4.78 is 29.7. The Balaban J connectivity index is 1.51. The Morgan fingerprint density at radius 3 is 2.15 bits per heavy atom. The van der Waals surface area contributed by atoms with Gasteiger partial charge in [0.2, 0.25) is 0 Å². The number of rotatable bonds is 9. The number of ether oxygens (including phenoxy) is 1. The minimum Gasteiger partial charge on any atom is -0.426 e. The summed E-state index contributed by atoms with van der Waals surface area (Å²) in [6.45, 7) is 1.95. The first-order valence-electron chi connectivity index (χ1n) is 10.6. The van der Waals surface area contributed by atoms with Crippen molar-refractivity contribution >= 4 is 27.4 Å². The summed E-state index contributed by atoms with van der Waals surface area (Å²) in [6, 6.07) is 23.2. The van der Waals surface area contributed by atoms with Gasteiger partial charge in [-0.2, -0.15) is 0 Å². The van der Waals surface area contributed by atoms with Crippen LogP contribution in [0.5, 0.6) is 5.75 Å². The summed E-state index contributed by atoms with van der Waals surface area (Å²) in [6.07, 6.45) is 1.07.